The van der Waals surface area contributed by atoms with Crippen LogP contribution in [0.5, 0.6) is 0 Å². The maximum Gasteiger partial charge on any atom is 0.276 e. The summed E-state index contributed by atoms with van der Waals surface area (Å²) in [4.78, 5) is 4.21. The Hall–Kier alpha value is -2.70. The lowest BCUT2D eigenvalue weighted by molar-refractivity contribution is 0.422. The molecule has 0 saturated carbocycles. The third kappa shape index (κ3) is 2.44. The summed E-state index contributed by atoms with van der Waals surface area (Å²) in [6, 6.07) is 7.76. The highest BCUT2D eigenvalue weighted by atomic mass is 19.1. The number of hydrogen-bond donors (Lipinski definition) is 2. The Kier molecular flexibility index (Phi) is 2.71. The molecule has 0 spiro atoms. The molecule has 0 amide bonds. The molecule has 3 N–H and O–H groups in total. The van der Waals surface area contributed by atoms with Crippen molar-refractivity contribution in [3.8, 4) is 11.6 Å². The third-order valence-corrected chi connectivity index (χ3v) is 2.57. The van der Waals surface area contributed by atoms with E-state index in [4.69, 9.17) is 10.3 Å². The summed E-state index contributed by atoms with van der Waals surface area (Å²) in [5, 5.41) is 10.3. The van der Waals surface area contributed by atoms with Gasteiger partial charge in [-0.15, -0.1) is 0 Å². The van der Waals surface area contributed by atoms with Crippen molar-refractivity contribution in [1.29, 1.82) is 0 Å². The Morgan fingerprint density at radius 1 is 1.26 bits per heavy atom. The minimum atomic E-state index is -0.273. The van der Waals surface area contributed by atoms with Crippen LogP contribution in [0.2, 0.25) is 0 Å². The summed E-state index contributed by atoms with van der Waals surface area (Å²) in [5.74, 6) is 0.912. The van der Waals surface area contributed by atoms with Crippen molar-refractivity contribution >= 4 is 5.82 Å². The predicted octanol–water partition coefficient (Wildman–Crippen LogP) is 1.77. The van der Waals surface area contributed by atoms with Crippen LogP contribution in [0.4, 0.5) is 10.2 Å². The second kappa shape index (κ2) is 4.52. The lowest BCUT2D eigenvalue weighted by atomic mass is 10.1. The molecule has 6 nitrogen and oxygen atoms in total. The molecule has 0 unspecified atom stereocenters. The van der Waals surface area contributed by atoms with Gasteiger partial charge in [0.15, 0.2) is 5.82 Å². The van der Waals surface area contributed by atoms with Gasteiger partial charge in [0.05, 0.1) is 0 Å². The number of nitrogen functional groups attached to an aromatic ring is 1. The number of aromatic amines is 1. The smallest absolute Gasteiger partial charge is 0.276 e. The SMILES string of the molecule is Nc1cc(-c2nc(Cc3ccc(F)cc3)no2)[nH]n1. The van der Waals surface area contributed by atoms with E-state index in [2.05, 4.69) is 20.3 Å². The fourth-order valence-electron chi connectivity index (χ4n) is 1.67. The normalized spacial score (nSPS) is 10.8. The zero-order valence-electron chi connectivity index (χ0n) is 9.80. The standard InChI is InChI=1S/C12H10FN5O/c13-8-3-1-7(2-4-8)5-11-15-12(19-18-11)9-6-10(14)17-16-9/h1-4,6H,5H2,(H3,14,16,17). The van der Waals surface area contributed by atoms with Crippen molar-refractivity contribution in [1.82, 2.24) is 20.3 Å². The van der Waals surface area contributed by atoms with Crippen molar-refractivity contribution in [3.63, 3.8) is 0 Å². The van der Waals surface area contributed by atoms with Gasteiger partial charge in [0, 0.05) is 12.5 Å². The lowest BCUT2D eigenvalue weighted by Crippen LogP contribution is -1.91. The minimum Gasteiger partial charge on any atom is -0.382 e. The van der Waals surface area contributed by atoms with E-state index in [1.807, 2.05) is 0 Å². The average molecular weight is 259 g/mol. The highest BCUT2D eigenvalue weighted by molar-refractivity contribution is 5.51. The Morgan fingerprint density at radius 2 is 2.05 bits per heavy atom. The van der Waals surface area contributed by atoms with Crippen LogP contribution in [-0.2, 0) is 6.42 Å². The average Bonchev–Trinajstić information content (AvgIpc) is 3.01. The number of halogens is 1. The van der Waals surface area contributed by atoms with Gasteiger partial charge in [0.2, 0.25) is 0 Å². The number of nitrogens with one attached hydrogen (secondary N) is 1. The number of nitrogens with zero attached hydrogens (tertiary/aromatic N) is 3. The molecule has 0 aliphatic carbocycles. The molecule has 19 heavy (non-hydrogen) atoms. The number of hydrogen-bond acceptors (Lipinski definition) is 5. The summed E-state index contributed by atoms with van der Waals surface area (Å²) in [5.41, 5.74) is 6.96. The Balaban J connectivity index is 1.80. The molecule has 1 aromatic carbocycles. The maximum atomic E-state index is 12.8. The fraction of sp³-hybridized carbons (Fsp3) is 0.0833. The number of anilines is 1. The predicted molar refractivity (Wildman–Crippen MR) is 65.5 cm³/mol. The summed E-state index contributed by atoms with van der Waals surface area (Å²) < 4.78 is 17.9. The van der Waals surface area contributed by atoms with E-state index in [1.54, 1.807) is 18.2 Å². The van der Waals surface area contributed by atoms with Crippen molar-refractivity contribution in [2.45, 2.75) is 6.42 Å². The molecule has 0 saturated heterocycles. The van der Waals surface area contributed by atoms with E-state index < -0.39 is 0 Å². The number of aromatic nitrogens is 4. The molecule has 0 bridgehead atoms. The van der Waals surface area contributed by atoms with Crippen LogP contribution in [0.3, 0.4) is 0 Å². The molecule has 2 aromatic heterocycles. The molecule has 3 aromatic rings. The Morgan fingerprint density at radius 3 is 2.74 bits per heavy atom. The lowest BCUT2D eigenvalue weighted by Gasteiger charge is -1.95. The molecular weight excluding hydrogens is 249 g/mol. The van der Waals surface area contributed by atoms with Gasteiger partial charge in [-0.2, -0.15) is 10.1 Å². The van der Waals surface area contributed by atoms with E-state index >= 15 is 0 Å². The van der Waals surface area contributed by atoms with Crippen LogP contribution >= 0.6 is 0 Å². The summed E-state index contributed by atoms with van der Waals surface area (Å²) in [6.07, 6.45) is 0.466. The number of rotatable bonds is 3. The highest BCUT2D eigenvalue weighted by Gasteiger charge is 2.11. The molecule has 2 heterocycles. The second-order valence-electron chi connectivity index (χ2n) is 4.03. The van der Waals surface area contributed by atoms with Crippen molar-refractivity contribution in [2.24, 2.45) is 0 Å². The first-order valence-corrected chi connectivity index (χ1v) is 5.59. The zero-order chi connectivity index (χ0) is 13.2. The van der Waals surface area contributed by atoms with Crippen molar-refractivity contribution in [3.05, 3.63) is 47.5 Å². The van der Waals surface area contributed by atoms with E-state index in [1.165, 1.54) is 12.1 Å². The number of H-pyrrole nitrogens is 1. The van der Waals surface area contributed by atoms with Gasteiger partial charge in [0.25, 0.3) is 5.89 Å². The third-order valence-electron chi connectivity index (χ3n) is 2.57. The molecule has 0 radical (unpaired) electrons. The molecule has 0 fully saturated rings. The van der Waals surface area contributed by atoms with Crippen LogP contribution in [0, 0.1) is 5.82 Å². The quantitative estimate of drug-likeness (QED) is 0.747. The number of nitrogens with two attached hydrogens (primary N) is 1. The van der Waals surface area contributed by atoms with Crippen LogP contribution in [-0.4, -0.2) is 20.3 Å². The maximum absolute atomic E-state index is 12.8. The van der Waals surface area contributed by atoms with E-state index in [-0.39, 0.29) is 5.82 Å². The summed E-state index contributed by atoms with van der Waals surface area (Å²) >= 11 is 0. The summed E-state index contributed by atoms with van der Waals surface area (Å²) in [7, 11) is 0. The Bertz CT molecular complexity index is 688. The summed E-state index contributed by atoms with van der Waals surface area (Å²) in [6.45, 7) is 0. The molecule has 96 valence electrons. The van der Waals surface area contributed by atoms with E-state index in [0.717, 1.165) is 5.56 Å². The monoisotopic (exact) mass is 259 g/mol. The second-order valence-corrected chi connectivity index (χ2v) is 4.03. The largest absolute Gasteiger partial charge is 0.382 e. The van der Waals surface area contributed by atoms with Gasteiger partial charge in [-0.3, -0.25) is 5.10 Å². The van der Waals surface area contributed by atoms with Crippen LogP contribution in [0.15, 0.2) is 34.9 Å². The van der Waals surface area contributed by atoms with E-state index in [9.17, 15) is 4.39 Å². The van der Waals surface area contributed by atoms with Crippen molar-refractivity contribution < 1.29 is 8.91 Å². The molecular formula is C12H10FN5O. The van der Waals surface area contributed by atoms with Crippen LogP contribution in [0.1, 0.15) is 11.4 Å². The van der Waals surface area contributed by atoms with E-state index in [0.29, 0.717) is 29.6 Å². The van der Waals surface area contributed by atoms with Gasteiger partial charge in [-0.25, -0.2) is 4.39 Å². The van der Waals surface area contributed by atoms with Gasteiger partial charge < -0.3 is 10.3 Å². The van der Waals surface area contributed by atoms with Gasteiger partial charge >= 0.3 is 0 Å². The van der Waals surface area contributed by atoms with Crippen molar-refractivity contribution in [2.75, 3.05) is 5.73 Å². The van der Waals surface area contributed by atoms with Crippen LogP contribution < -0.4 is 5.73 Å². The van der Waals surface area contributed by atoms with Gasteiger partial charge in [-0.1, -0.05) is 17.3 Å². The highest BCUT2D eigenvalue weighted by Crippen LogP contribution is 2.17. The topological polar surface area (TPSA) is 93.6 Å². The number of benzene rings is 1. The molecule has 0 aliphatic heterocycles. The molecule has 0 aliphatic rings. The zero-order valence-corrected chi connectivity index (χ0v) is 9.80. The first-order chi connectivity index (χ1) is 9.20. The fourth-order valence-corrected chi connectivity index (χ4v) is 1.67. The first-order valence-electron chi connectivity index (χ1n) is 5.59. The minimum absolute atomic E-state index is 0.273. The molecule has 3 rings (SSSR count). The first kappa shape index (κ1) is 11.4. The van der Waals surface area contributed by atoms with Gasteiger partial charge in [-0.05, 0) is 17.7 Å². The molecule has 7 heteroatoms. The van der Waals surface area contributed by atoms with Gasteiger partial charge in [0.1, 0.15) is 17.3 Å². The Labute approximate surface area is 107 Å². The molecule has 0 atom stereocenters. The van der Waals surface area contributed by atoms with Crippen LogP contribution in [0.25, 0.3) is 11.6 Å².